The number of terminal acetylenes is 1. The van der Waals surface area contributed by atoms with Crippen LogP contribution in [0.2, 0.25) is 0 Å². The molecule has 1 rings (SSSR count). The second kappa shape index (κ2) is 5.18. The largest absolute Gasteiger partial charge is 0.481 e. The van der Waals surface area contributed by atoms with E-state index in [4.69, 9.17) is 11.2 Å². The SMILES string of the molecule is C#CCNCc1cccnc1OC. The van der Waals surface area contributed by atoms with E-state index in [1.807, 2.05) is 12.1 Å². The summed E-state index contributed by atoms with van der Waals surface area (Å²) in [5.41, 5.74) is 1.01. The molecule has 1 aromatic heterocycles. The Morgan fingerprint density at radius 1 is 1.69 bits per heavy atom. The van der Waals surface area contributed by atoms with Gasteiger partial charge in [-0.25, -0.2) is 4.98 Å². The summed E-state index contributed by atoms with van der Waals surface area (Å²) in [5, 5.41) is 3.07. The molecule has 0 aromatic carbocycles. The number of nitrogens with zero attached hydrogens (tertiary/aromatic N) is 1. The minimum atomic E-state index is 0.554. The highest BCUT2D eigenvalue weighted by Crippen LogP contribution is 2.12. The van der Waals surface area contributed by atoms with E-state index in [1.54, 1.807) is 13.3 Å². The lowest BCUT2D eigenvalue weighted by molar-refractivity contribution is 0.391. The van der Waals surface area contributed by atoms with Crippen LogP contribution in [0.4, 0.5) is 0 Å². The van der Waals surface area contributed by atoms with Gasteiger partial charge < -0.3 is 10.1 Å². The number of hydrogen-bond acceptors (Lipinski definition) is 3. The first-order chi connectivity index (χ1) is 6.38. The van der Waals surface area contributed by atoms with Gasteiger partial charge in [-0.05, 0) is 6.07 Å². The molecule has 0 spiro atoms. The van der Waals surface area contributed by atoms with E-state index in [0.717, 1.165) is 5.56 Å². The van der Waals surface area contributed by atoms with Gasteiger partial charge in [-0.15, -0.1) is 6.42 Å². The molecular weight excluding hydrogens is 164 g/mol. The van der Waals surface area contributed by atoms with Gasteiger partial charge in [-0.3, -0.25) is 0 Å². The van der Waals surface area contributed by atoms with Crippen molar-refractivity contribution < 1.29 is 4.74 Å². The second-order valence-corrected chi connectivity index (χ2v) is 2.48. The Bertz CT molecular complexity index is 304. The molecule has 1 aromatic rings. The molecule has 0 aliphatic carbocycles. The minimum absolute atomic E-state index is 0.554. The Kier molecular flexibility index (Phi) is 3.80. The maximum atomic E-state index is 5.10. The van der Waals surface area contributed by atoms with Gasteiger partial charge in [-0.1, -0.05) is 12.0 Å². The van der Waals surface area contributed by atoms with Gasteiger partial charge in [-0.2, -0.15) is 0 Å². The standard InChI is InChI=1S/C10H12N2O/c1-3-6-11-8-9-5-4-7-12-10(9)13-2/h1,4-5,7,11H,6,8H2,2H3. The summed E-state index contributed by atoms with van der Waals surface area (Å²) >= 11 is 0. The average Bonchev–Trinajstić information content (AvgIpc) is 2.19. The molecule has 0 radical (unpaired) electrons. The number of rotatable bonds is 4. The maximum absolute atomic E-state index is 5.10. The van der Waals surface area contributed by atoms with Crippen LogP contribution in [0.15, 0.2) is 18.3 Å². The van der Waals surface area contributed by atoms with Gasteiger partial charge in [0, 0.05) is 18.3 Å². The zero-order chi connectivity index (χ0) is 9.52. The first-order valence-corrected chi connectivity index (χ1v) is 4.00. The van der Waals surface area contributed by atoms with Gasteiger partial charge in [0.05, 0.1) is 13.7 Å². The normalized spacial score (nSPS) is 9.23. The first kappa shape index (κ1) is 9.56. The van der Waals surface area contributed by atoms with Crippen molar-refractivity contribution in [3.63, 3.8) is 0 Å². The van der Waals surface area contributed by atoms with E-state index >= 15 is 0 Å². The third-order valence-corrected chi connectivity index (χ3v) is 1.59. The summed E-state index contributed by atoms with van der Waals surface area (Å²) in [4.78, 5) is 4.06. The van der Waals surface area contributed by atoms with Gasteiger partial charge in [0.1, 0.15) is 0 Å². The van der Waals surface area contributed by atoms with Crippen molar-refractivity contribution in [3.05, 3.63) is 23.9 Å². The lowest BCUT2D eigenvalue weighted by Gasteiger charge is -2.05. The second-order valence-electron chi connectivity index (χ2n) is 2.48. The first-order valence-electron chi connectivity index (χ1n) is 4.00. The quantitative estimate of drug-likeness (QED) is 0.544. The highest BCUT2D eigenvalue weighted by molar-refractivity contribution is 5.25. The predicted octanol–water partition coefficient (Wildman–Crippen LogP) is 0.813. The number of nitrogens with one attached hydrogen (secondary N) is 1. The zero-order valence-corrected chi connectivity index (χ0v) is 7.58. The Morgan fingerprint density at radius 2 is 2.54 bits per heavy atom. The minimum Gasteiger partial charge on any atom is -0.481 e. The van der Waals surface area contributed by atoms with E-state index in [2.05, 4.69) is 16.2 Å². The molecule has 0 aliphatic heterocycles. The monoisotopic (exact) mass is 176 g/mol. The molecule has 3 nitrogen and oxygen atoms in total. The highest BCUT2D eigenvalue weighted by atomic mass is 16.5. The third-order valence-electron chi connectivity index (χ3n) is 1.59. The summed E-state index contributed by atoms with van der Waals surface area (Å²) in [6, 6.07) is 3.82. The fourth-order valence-electron chi connectivity index (χ4n) is 1.01. The van der Waals surface area contributed by atoms with Crippen molar-refractivity contribution in [2.45, 2.75) is 6.54 Å². The number of methoxy groups -OCH3 is 1. The summed E-state index contributed by atoms with van der Waals surface area (Å²) in [5.74, 6) is 3.15. The molecule has 3 heteroatoms. The summed E-state index contributed by atoms with van der Waals surface area (Å²) in [7, 11) is 1.60. The van der Waals surface area contributed by atoms with Crippen LogP contribution >= 0.6 is 0 Å². The number of pyridine rings is 1. The summed E-state index contributed by atoms with van der Waals surface area (Å²) < 4.78 is 5.07. The fourth-order valence-corrected chi connectivity index (χ4v) is 1.01. The Balaban J connectivity index is 2.60. The predicted molar refractivity (Wildman–Crippen MR) is 51.3 cm³/mol. The fraction of sp³-hybridized carbons (Fsp3) is 0.300. The molecule has 0 bridgehead atoms. The molecule has 1 N–H and O–H groups in total. The number of hydrogen-bond donors (Lipinski definition) is 1. The van der Waals surface area contributed by atoms with Crippen molar-refractivity contribution in [2.24, 2.45) is 0 Å². The summed E-state index contributed by atoms with van der Waals surface area (Å²) in [6.07, 6.45) is 6.80. The van der Waals surface area contributed by atoms with Gasteiger partial charge in [0.25, 0.3) is 0 Å². The van der Waals surface area contributed by atoms with Crippen LogP contribution in [0, 0.1) is 12.3 Å². The van der Waals surface area contributed by atoms with Crippen LogP contribution in [-0.4, -0.2) is 18.6 Å². The van der Waals surface area contributed by atoms with Crippen LogP contribution in [0.5, 0.6) is 5.88 Å². The Labute approximate surface area is 78.1 Å². The van der Waals surface area contributed by atoms with Crippen molar-refractivity contribution in [2.75, 3.05) is 13.7 Å². The average molecular weight is 176 g/mol. The van der Waals surface area contributed by atoms with Crippen molar-refractivity contribution in [1.29, 1.82) is 0 Å². The molecule has 13 heavy (non-hydrogen) atoms. The van der Waals surface area contributed by atoms with E-state index in [9.17, 15) is 0 Å². The lowest BCUT2D eigenvalue weighted by atomic mass is 10.2. The van der Waals surface area contributed by atoms with E-state index < -0.39 is 0 Å². The van der Waals surface area contributed by atoms with Crippen molar-refractivity contribution in [1.82, 2.24) is 10.3 Å². The van der Waals surface area contributed by atoms with Gasteiger partial charge >= 0.3 is 0 Å². The van der Waals surface area contributed by atoms with Gasteiger partial charge in [0.15, 0.2) is 0 Å². The molecule has 68 valence electrons. The van der Waals surface area contributed by atoms with Crippen molar-refractivity contribution >= 4 is 0 Å². The molecule has 0 atom stereocenters. The highest BCUT2D eigenvalue weighted by Gasteiger charge is 2.00. The number of aromatic nitrogens is 1. The molecule has 0 saturated heterocycles. The van der Waals surface area contributed by atoms with Crippen LogP contribution in [0.25, 0.3) is 0 Å². The van der Waals surface area contributed by atoms with E-state index in [1.165, 1.54) is 0 Å². The Hall–Kier alpha value is -1.53. The molecule has 0 fully saturated rings. The third kappa shape index (κ3) is 2.77. The molecule has 0 saturated carbocycles. The van der Waals surface area contributed by atoms with Crippen LogP contribution in [0.1, 0.15) is 5.56 Å². The van der Waals surface area contributed by atoms with Crippen LogP contribution in [-0.2, 0) is 6.54 Å². The van der Waals surface area contributed by atoms with Gasteiger partial charge in [0.2, 0.25) is 5.88 Å². The molecular formula is C10H12N2O. The molecule has 0 aliphatic rings. The maximum Gasteiger partial charge on any atom is 0.217 e. The summed E-state index contributed by atoms with van der Waals surface area (Å²) in [6.45, 7) is 1.24. The van der Waals surface area contributed by atoms with Crippen molar-refractivity contribution in [3.8, 4) is 18.2 Å². The van der Waals surface area contributed by atoms with E-state index in [-0.39, 0.29) is 0 Å². The molecule has 1 heterocycles. The van der Waals surface area contributed by atoms with Crippen LogP contribution < -0.4 is 10.1 Å². The number of ether oxygens (including phenoxy) is 1. The smallest absolute Gasteiger partial charge is 0.217 e. The molecule has 0 amide bonds. The zero-order valence-electron chi connectivity index (χ0n) is 7.58. The molecule has 0 unspecified atom stereocenters. The lowest BCUT2D eigenvalue weighted by Crippen LogP contribution is -2.13. The Morgan fingerprint density at radius 3 is 3.23 bits per heavy atom. The van der Waals surface area contributed by atoms with Crippen LogP contribution in [0.3, 0.4) is 0 Å². The topological polar surface area (TPSA) is 34.2 Å². The van der Waals surface area contributed by atoms with E-state index in [0.29, 0.717) is 19.0 Å².